The van der Waals surface area contributed by atoms with Crippen LogP contribution in [0.25, 0.3) is 0 Å². The summed E-state index contributed by atoms with van der Waals surface area (Å²) in [7, 11) is 0. The predicted molar refractivity (Wildman–Crippen MR) is 61.6 cm³/mol. The highest BCUT2D eigenvalue weighted by atomic mass is 32.2. The number of unbranched alkanes of at least 4 members (excludes halogenated alkanes) is 3. The number of thiol groups is 1. The molecule has 0 bridgehead atoms. The van der Waals surface area contributed by atoms with Gasteiger partial charge in [-0.2, -0.15) is 12.6 Å². The van der Waals surface area contributed by atoms with E-state index in [4.69, 9.17) is 0 Å². The highest BCUT2D eigenvalue weighted by Crippen LogP contribution is 2.14. The maximum atomic E-state index is 4.17. The Balaban J connectivity index is 1.90. The molecule has 0 saturated heterocycles. The molecule has 1 N–H and O–H groups in total. The molecule has 0 aliphatic rings. The monoisotopic (exact) mass is 216 g/mol. The molecule has 2 nitrogen and oxygen atoms in total. The second-order valence-electron chi connectivity index (χ2n) is 2.88. The van der Waals surface area contributed by atoms with Gasteiger partial charge in [0.25, 0.3) is 0 Å². The summed E-state index contributed by atoms with van der Waals surface area (Å²) in [6.45, 7) is 0. The Kier molecular flexibility index (Phi) is 6.19. The van der Waals surface area contributed by atoms with Gasteiger partial charge in [0.05, 0.1) is 0 Å². The summed E-state index contributed by atoms with van der Waals surface area (Å²) < 4.78 is 0. The highest BCUT2D eigenvalue weighted by molar-refractivity contribution is 7.99. The molecular formula is C9H16N2S2. The minimum Gasteiger partial charge on any atom is -0.340 e. The molecule has 0 atom stereocenters. The van der Waals surface area contributed by atoms with Gasteiger partial charge in [0.2, 0.25) is 0 Å². The van der Waals surface area contributed by atoms with Crippen LogP contribution in [0.5, 0.6) is 0 Å². The third kappa shape index (κ3) is 5.26. The van der Waals surface area contributed by atoms with Gasteiger partial charge >= 0.3 is 0 Å². The van der Waals surface area contributed by atoms with E-state index in [1.54, 1.807) is 18.0 Å². The van der Waals surface area contributed by atoms with E-state index in [1.807, 2.05) is 6.20 Å². The van der Waals surface area contributed by atoms with Gasteiger partial charge in [-0.1, -0.05) is 24.6 Å². The molecule has 0 aliphatic heterocycles. The summed E-state index contributed by atoms with van der Waals surface area (Å²) in [4.78, 5) is 7.22. The quantitative estimate of drug-likeness (QED) is 0.417. The van der Waals surface area contributed by atoms with Crippen molar-refractivity contribution in [3.8, 4) is 0 Å². The number of nitrogens with one attached hydrogen (secondary N) is 1. The zero-order valence-corrected chi connectivity index (χ0v) is 9.41. The van der Waals surface area contributed by atoms with Gasteiger partial charge in [0.15, 0.2) is 5.16 Å². The average molecular weight is 216 g/mol. The van der Waals surface area contributed by atoms with Gasteiger partial charge in [-0.3, -0.25) is 0 Å². The van der Waals surface area contributed by atoms with Gasteiger partial charge in [-0.25, -0.2) is 4.98 Å². The molecule has 1 aromatic heterocycles. The number of imidazole rings is 1. The Bertz CT molecular complexity index is 199. The summed E-state index contributed by atoms with van der Waals surface area (Å²) in [6.07, 6.45) is 8.80. The summed E-state index contributed by atoms with van der Waals surface area (Å²) in [5.74, 6) is 2.19. The molecule has 13 heavy (non-hydrogen) atoms. The van der Waals surface area contributed by atoms with Gasteiger partial charge in [-0.05, 0) is 18.6 Å². The molecule has 0 spiro atoms. The number of hydrogen-bond acceptors (Lipinski definition) is 3. The number of aromatic amines is 1. The Morgan fingerprint density at radius 3 is 2.85 bits per heavy atom. The molecule has 1 rings (SSSR count). The van der Waals surface area contributed by atoms with E-state index in [-0.39, 0.29) is 0 Å². The number of thioether (sulfide) groups is 1. The largest absolute Gasteiger partial charge is 0.340 e. The zero-order chi connectivity index (χ0) is 9.36. The number of nitrogens with zero attached hydrogens (tertiary/aromatic N) is 1. The summed E-state index contributed by atoms with van der Waals surface area (Å²) in [6, 6.07) is 0. The van der Waals surface area contributed by atoms with Crippen LogP contribution >= 0.6 is 24.4 Å². The van der Waals surface area contributed by atoms with Crippen LogP contribution in [0.2, 0.25) is 0 Å². The van der Waals surface area contributed by atoms with Crippen molar-refractivity contribution >= 4 is 24.4 Å². The van der Waals surface area contributed by atoms with Gasteiger partial charge in [0.1, 0.15) is 0 Å². The molecule has 0 unspecified atom stereocenters. The average Bonchev–Trinajstić information content (AvgIpc) is 2.63. The number of hydrogen-bond donors (Lipinski definition) is 2. The predicted octanol–water partition coefficient (Wildman–Crippen LogP) is 2.99. The standard InChI is InChI=1S/C9H16N2S2/c12-7-3-1-2-4-8-13-9-10-5-6-11-9/h5-6,12H,1-4,7-8H2,(H,10,11). The summed E-state index contributed by atoms with van der Waals surface area (Å²) >= 11 is 5.97. The van der Waals surface area contributed by atoms with Crippen molar-refractivity contribution in [2.75, 3.05) is 11.5 Å². The van der Waals surface area contributed by atoms with Gasteiger partial charge in [-0.15, -0.1) is 0 Å². The fourth-order valence-electron chi connectivity index (χ4n) is 1.07. The van der Waals surface area contributed by atoms with Crippen LogP contribution in [0, 0.1) is 0 Å². The topological polar surface area (TPSA) is 28.7 Å². The van der Waals surface area contributed by atoms with E-state index in [0.29, 0.717) is 0 Å². The van der Waals surface area contributed by atoms with Crippen molar-refractivity contribution in [3.05, 3.63) is 12.4 Å². The fourth-order valence-corrected chi connectivity index (χ4v) is 2.12. The van der Waals surface area contributed by atoms with Crippen molar-refractivity contribution in [3.63, 3.8) is 0 Å². The van der Waals surface area contributed by atoms with E-state index < -0.39 is 0 Å². The smallest absolute Gasteiger partial charge is 0.165 e. The first-order chi connectivity index (χ1) is 6.43. The van der Waals surface area contributed by atoms with Gasteiger partial charge in [0, 0.05) is 18.1 Å². The normalized spacial score (nSPS) is 10.5. The van der Waals surface area contributed by atoms with E-state index >= 15 is 0 Å². The molecule has 0 saturated carbocycles. The molecular weight excluding hydrogens is 200 g/mol. The van der Waals surface area contributed by atoms with Gasteiger partial charge < -0.3 is 4.98 Å². The van der Waals surface area contributed by atoms with E-state index in [2.05, 4.69) is 22.6 Å². The SMILES string of the molecule is SCCCCCCSc1ncc[nH]1. The van der Waals surface area contributed by atoms with Crippen molar-refractivity contribution in [1.29, 1.82) is 0 Å². The fraction of sp³-hybridized carbons (Fsp3) is 0.667. The highest BCUT2D eigenvalue weighted by Gasteiger charge is 1.94. The molecule has 0 fully saturated rings. The van der Waals surface area contributed by atoms with Crippen LogP contribution in [-0.2, 0) is 0 Å². The Morgan fingerprint density at radius 1 is 1.31 bits per heavy atom. The summed E-state index contributed by atoms with van der Waals surface area (Å²) in [5, 5.41) is 1.04. The van der Waals surface area contributed by atoms with Crippen molar-refractivity contribution in [2.24, 2.45) is 0 Å². The van der Waals surface area contributed by atoms with Crippen LogP contribution in [0.1, 0.15) is 25.7 Å². The lowest BCUT2D eigenvalue weighted by Gasteiger charge is -1.98. The van der Waals surface area contributed by atoms with Crippen molar-refractivity contribution in [1.82, 2.24) is 9.97 Å². The lowest BCUT2D eigenvalue weighted by Crippen LogP contribution is -1.83. The Hall–Kier alpha value is -0.0900. The van der Waals surface area contributed by atoms with Crippen LogP contribution in [0.4, 0.5) is 0 Å². The molecule has 4 heteroatoms. The molecule has 1 heterocycles. The van der Waals surface area contributed by atoms with E-state index in [0.717, 1.165) is 10.9 Å². The van der Waals surface area contributed by atoms with Crippen LogP contribution in [-0.4, -0.2) is 21.5 Å². The molecule has 1 aromatic rings. The molecule has 0 aliphatic carbocycles. The molecule has 0 aromatic carbocycles. The van der Waals surface area contributed by atoms with E-state index in [1.165, 1.54) is 31.4 Å². The van der Waals surface area contributed by atoms with Crippen molar-refractivity contribution < 1.29 is 0 Å². The minimum absolute atomic E-state index is 1.02. The second-order valence-corrected chi connectivity index (χ2v) is 4.41. The molecule has 0 amide bonds. The number of aromatic nitrogens is 2. The maximum absolute atomic E-state index is 4.17. The van der Waals surface area contributed by atoms with E-state index in [9.17, 15) is 0 Å². The Labute approximate surface area is 89.3 Å². The summed E-state index contributed by atoms with van der Waals surface area (Å²) in [5.41, 5.74) is 0. The van der Waals surface area contributed by atoms with Crippen LogP contribution in [0.15, 0.2) is 17.6 Å². The zero-order valence-electron chi connectivity index (χ0n) is 7.70. The van der Waals surface area contributed by atoms with Crippen LogP contribution in [0.3, 0.4) is 0 Å². The van der Waals surface area contributed by atoms with Crippen LogP contribution < -0.4 is 0 Å². The number of H-pyrrole nitrogens is 1. The Morgan fingerprint density at radius 2 is 2.15 bits per heavy atom. The third-order valence-electron chi connectivity index (χ3n) is 1.76. The maximum Gasteiger partial charge on any atom is 0.165 e. The van der Waals surface area contributed by atoms with Crippen molar-refractivity contribution in [2.45, 2.75) is 30.8 Å². The third-order valence-corrected chi connectivity index (χ3v) is 3.07. The first kappa shape index (κ1) is 11.0. The lowest BCUT2D eigenvalue weighted by molar-refractivity contribution is 0.711. The minimum atomic E-state index is 1.02. The number of rotatable bonds is 7. The first-order valence-electron chi connectivity index (χ1n) is 4.66. The first-order valence-corrected chi connectivity index (χ1v) is 6.28. The lowest BCUT2D eigenvalue weighted by atomic mass is 10.2. The molecule has 0 radical (unpaired) electrons. The second kappa shape index (κ2) is 7.33. The molecule has 74 valence electrons.